The zero-order chi connectivity index (χ0) is 36.6. The SMILES string of the molecule is CC(C)(C)Oc1cc[c-]cc1.CC(C)(C)Oc1ccc(O)cc1.Cc1[c-]c(C)cc(C(C)(C)c2cc(C)c(O)c(C)c2)c1.[O]=[Co].[O]=[Co]. The van der Waals surface area contributed by atoms with Crippen molar-refractivity contribution in [2.75, 3.05) is 0 Å². The van der Waals surface area contributed by atoms with Crippen LogP contribution < -0.4 is 9.47 Å². The van der Waals surface area contributed by atoms with E-state index in [9.17, 15) is 5.11 Å². The van der Waals surface area contributed by atoms with Crippen molar-refractivity contribution in [1.29, 1.82) is 0 Å². The van der Waals surface area contributed by atoms with Crippen molar-refractivity contribution in [3.63, 3.8) is 0 Å². The summed E-state index contributed by atoms with van der Waals surface area (Å²) in [4.78, 5) is 0. The Balaban J connectivity index is 0.000000676. The van der Waals surface area contributed by atoms with Gasteiger partial charge in [-0.2, -0.15) is 47.5 Å². The van der Waals surface area contributed by atoms with E-state index in [2.05, 4.69) is 95.4 Å². The summed E-state index contributed by atoms with van der Waals surface area (Å²) >= 11 is 4.62. The quantitative estimate of drug-likeness (QED) is 0.203. The predicted molar refractivity (Wildman–Crippen MR) is 180 cm³/mol. The molecule has 0 aliphatic heterocycles. The first-order valence-electron chi connectivity index (χ1n) is 15.0. The third-order valence-corrected chi connectivity index (χ3v) is 6.45. The van der Waals surface area contributed by atoms with E-state index in [1.165, 1.54) is 22.3 Å². The third-order valence-electron chi connectivity index (χ3n) is 6.45. The van der Waals surface area contributed by atoms with Crippen LogP contribution in [-0.2, 0) is 44.5 Å². The standard InChI is InChI=1S/C19H23O.C10H14O2.C10H13O.2Co.2O/c1-12-7-13(2)9-16(8-12)19(5,6)17-10-14(3)18(20)15(4)11-17;1-10(2,3)12-9-6-4-8(11)5-7-9;1-10(2,3)11-9-7-5-4-6-8-9;;;;/h8-11,20H,1-6H3;4-7,11H,1-3H3;5-8H,1-3H3;;;;/q-1;;-1;;;;. The Morgan fingerprint density at radius 1 is 0.574 bits per heavy atom. The van der Waals surface area contributed by atoms with Gasteiger partial charge in [0.2, 0.25) is 0 Å². The average molecular weight is 733 g/mol. The summed E-state index contributed by atoms with van der Waals surface area (Å²) in [6.07, 6.45) is 0. The van der Waals surface area contributed by atoms with Crippen molar-refractivity contribution >= 4 is 0 Å². The number of aromatic hydroxyl groups is 2. The first kappa shape index (κ1) is 43.7. The van der Waals surface area contributed by atoms with Crippen LogP contribution in [0.1, 0.15) is 88.8 Å². The molecule has 6 nitrogen and oxygen atoms in total. The first-order chi connectivity index (χ1) is 21.8. The van der Waals surface area contributed by atoms with Gasteiger partial charge in [0.25, 0.3) is 0 Å². The van der Waals surface area contributed by atoms with Crippen LogP contribution in [0.25, 0.3) is 0 Å². The van der Waals surface area contributed by atoms with Crippen LogP contribution in [-0.4, -0.2) is 21.4 Å². The normalized spacial score (nSPS) is 10.7. The fraction of sp³-hybridized carbons (Fsp3) is 0.385. The van der Waals surface area contributed by atoms with Crippen LogP contribution in [0.3, 0.4) is 0 Å². The molecule has 262 valence electrons. The molecule has 2 N–H and O–H groups in total. The molecule has 0 bridgehead atoms. The Labute approximate surface area is 298 Å². The number of aryl methyl sites for hydroxylation is 4. The molecule has 0 unspecified atom stereocenters. The summed E-state index contributed by atoms with van der Waals surface area (Å²) < 4.78 is 27.0. The Hall–Kier alpha value is -3.31. The summed E-state index contributed by atoms with van der Waals surface area (Å²) in [7, 11) is 0. The molecule has 0 heterocycles. The van der Waals surface area contributed by atoms with Crippen LogP contribution in [0.2, 0.25) is 0 Å². The molecule has 0 saturated heterocycles. The van der Waals surface area contributed by atoms with Crippen molar-refractivity contribution in [3.8, 4) is 23.0 Å². The van der Waals surface area contributed by atoms with E-state index < -0.39 is 0 Å². The van der Waals surface area contributed by atoms with E-state index in [1.807, 2.05) is 79.7 Å². The molecule has 0 saturated carbocycles. The van der Waals surface area contributed by atoms with Gasteiger partial charge in [-0.15, -0.1) is 17.7 Å². The van der Waals surface area contributed by atoms with Gasteiger partial charge in [-0.05, 0) is 102 Å². The number of benzene rings is 4. The second-order valence-electron chi connectivity index (χ2n) is 13.5. The van der Waals surface area contributed by atoms with Crippen LogP contribution in [0, 0.1) is 39.8 Å². The summed E-state index contributed by atoms with van der Waals surface area (Å²) in [6, 6.07) is 29.1. The zero-order valence-corrected chi connectivity index (χ0v) is 31.7. The second kappa shape index (κ2) is 20.1. The van der Waals surface area contributed by atoms with Gasteiger partial charge in [-0.1, -0.05) is 39.8 Å². The van der Waals surface area contributed by atoms with Gasteiger partial charge in [0.15, 0.2) is 0 Å². The molecule has 0 fully saturated rings. The van der Waals surface area contributed by atoms with Gasteiger partial charge in [0, 0.05) is 5.75 Å². The number of ether oxygens (including phenoxy) is 2. The first-order valence-corrected chi connectivity index (χ1v) is 15.8. The van der Waals surface area contributed by atoms with Gasteiger partial charge in [-0.25, -0.2) is 0 Å². The molecule has 4 aromatic carbocycles. The van der Waals surface area contributed by atoms with E-state index in [0.29, 0.717) is 5.75 Å². The number of phenols is 2. The Kier molecular flexibility index (Phi) is 18.7. The zero-order valence-electron chi connectivity index (χ0n) is 29.6. The monoisotopic (exact) mass is 732 g/mol. The molecule has 4 aromatic rings. The number of phenolic OH excluding ortho intramolecular Hbond substituents is 2. The topological polar surface area (TPSA) is 93.1 Å². The molecule has 0 atom stereocenters. The van der Waals surface area contributed by atoms with Crippen molar-refractivity contribution in [1.82, 2.24) is 0 Å². The van der Waals surface area contributed by atoms with Crippen LogP contribution in [0.15, 0.2) is 72.8 Å². The fourth-order valence-corrected chi connectivity index (χ4v) is 4.40. The molecule has 0 aliphatic rings. The molecule has 0 aliphatic carbocycles. The summed E-state index contributed by atoms with van der Waals surface area (Å²) in [5.74, 6) is 2.34. The van der Waals surface area contributed by atoms with Crippen LogP contribution in [0.5, 0.6) is 23.0 Å². The van der Waals surface area contributed by atoms with E-state index in [1.54, 1.807) is 24.3 Å². The second-order valence-corrected chi connectivity index (χ2v) is 13.5. The van der Waals surface area contributed by atoms with Gasteiger partial charge in [0.05, 0.1) is 5.60 Å². The predicted octanol–water partition coefficient (Wildman–Crippen LogP) is 9.74. The minimum atomic E-state index is -0.184. The van der Waals surface area contributed by atoms with Gasteiger partial charge in [-0.3, -0.25) is 0 Å². The molecular weight excluding hydrogens is 682 g/mol. The van der Waals surface area contributed by atoms with E-state index in [-0.39, 0.29) is 22.4 Å². The molecule has 0 radical (unpaired) electrons. The van der Waals surface area contributed by atoms with Gasteiger partial charge < -0.3 is 19.7 Å². The van der Waals surface area contributed by atoms with Crippen molar-refractivity contribution < 1.29 is 58.8 Å². The van der Waals surface area contributed by atoms with E-state index in [4.69, 9.17) is 22.3 Å². The molecule has 4 rings (SSSR count). The van der Waals surface area contributed by atoms with Gasteiger partial charge in [0.1, 0.15) is 22.8 Å². The fourth-order valence-electron chi connectivity index (χ4n) is 4.40. The maximum atomic E-state index is 9.95. The van der Waals surface area contributed by atoms with Crippen molar-refractivity contribution in [3.05, 3.63) is 118 Å². The summed E-state index contributed by atoms with van der Waals surface area (Å²) in [5, 5.41) is 18.9. The molecule has 0 aromatic heterocycles. The van der Waals surface area contributed by atoms with Crippen molar-refractivity contribution in [2.45, 2.75) is 99.7 Å². The number of hydrogen-bond acceptors (Lipinski definition) is 6. The van der Waals surface area contributed by atoms with Crippen LogP contribution in [0.4, 0.5) is 0 Å². The molecule has 0 amide bonds. The Morgan fingerprint density at radius 2 is 0.936 bits per heavy atom. The van der Waals surface area contributed by atoms with Gasteiger partial charge >= 0.3 is 39.1 Å². The minimum absolute atomic E-state index is 0.0894. The summed E-state index contributed by atoms with van der Waals surface area (Å²) in [5.41, 5.74) is 6.34. The van der Waals surface area contributed by atoms with Crippen LogP contribution >= 0.6 is 0 Å². The average Bonchev–Trinajstić information content (AvgIpc) is 2.98. The summed E-state index contributed by atoms with van der Waals surface area (Å²) in [6.45, 7) is 24.6. The van der Waals surface area contributed by atoms with E-state index in [0.717, 1.165) is 22.6 Å². The molecule has 47 heavy (non-hydrogen) atoms. The maximum absolute atomic E-state index is 9.95. The number of rotatable bonds is 4. The Morgan fingerprint density at radius 3 is 1.32 bits per heavy atom. The number of hydrogen-bond donors (Lipinski definition) is 2. The molecular formula is C39H50Co2O6-2. The van der Waals surface area contributed by atoms with E-state index >= 15 is 0 Å². The molecule has 8 heteroatoms. The third kappa shape index (κ3) is 16.9. The Bertz CT molecular complexity index is 1440. The molecule has 0 spiro atoms. The van der Waals surface area contributed by atoms with Crippen molar-refractivity contribution in [2.24, 2.45) is 0 Å².